The zero-order chi connectivity index (χ0) is 6.69. The molecule has 0 bridgehead atoms. The molecule has 0 atom stereocenters. The molecule has 54 valence electrons. The molecule has 0 aromatic heterocycles. The Morgan fingerprint density at radius 1 is 1.20 bits per heavy atom. The zero-order valence-electron chi connectivity index (χ0n) is 7.30. The van der Waals surface area contributed by atoms with E-state index in [1.807, 2.05) is 0 Å². The van der Waals surface area contributed by atoms with Crippen LogP contribution < -0.4 is 51.4 Å². The van der Waals surface area contributed by atoms with E-state index >= 15 is 0 Å². The third kappa shape index (κ3) is 3.81. The van der Waals surface area contributed by atoms with Crippen LogP contribution in [-0.4, -0.2) is 38.1 Å². The van der Waals surface area contributed by atoms with E-state index in [9.17, 15) is 0 Å². The predicted octanol–water partition coefficient (Wildman–Crippen LogP) is -1.91. The van der Waals surface area contributed by atoms with Gasteiger partial charge in [0.15, 0.2) is 0 Å². The van der Waals surface area contributed by atoms with E-state index < -0.39 is 0 Å². The summed E-state index contributed by atoms with van der Waals surface area (Å²) in [5, 5.41) is 4.28. The summed E-state index contributed by atoms with van der Waals surface area (Å²) in [6.07, 6.45) is 2.51. The molecule has 0 radical (unpaired) electrons. The summed E-state index contributed by atoms with van der Waals surface area (Å²) >= 11 is 0. The van der Waals surface area contributed by atoms with Crippen LogP contribution in [0.1, 0.15) is 12.8 Å². The Morgan fingerprint density at radius 3 is 2.00 bits per heavy atom. The van der Waals surface area contributed by atoms with Gasteiger partial charge in [-0.3, -0.25) is 0 Å². The fourth-order valence-electron chi connectivity index (χ4n) is 1.25. The molecular formula is C7H15KN2. The van der Waals surface area contributed by atoms with Crippen LogP contribution in [0.2, 0.25) is 0 Å². The molecule has 10 heavy (non-hydrogen) atoms. The third-order valence-corrected chi connectivity index (χ3v) is 1.97. The van der Waals surface area contributed by atoms with E-state index in [1.54, 1.807) is 0 Å². The monoisotopic (exact) mass is 166 g/mol. The van der Waals surface area contributed by atoms with E-state index in [1.165, 1.54) is 12.8 Å². The summed E-state index contributed by atoms with van der Waals surface area (Å²) in [5.41, 5.74) is 0. The summed E-state index contributed by atoms with van der Waals surface area (Å²) in [6, 6.07) is 0.794. The molecule has 0 saturated carbocycles. The van der Waals surface area contributed by atoms with Crippen molar-refractivity contribution < 1.29 is 51.4 Å². The fraction of sp³-hybridized carbons (Fsp3) is 1.00. The van der Waals surface area contributed by atoms with Crippen molar-refractivity contribution in [2.24, 2.45) is 0 Å². The molecule has 0 unspecified atom stereocenters. The molecule has 0 aliphatic carbocycles. The molecule has 3 heteroatoms. The molecule has 0 spiro atoms. The van der Waals surface area contributed by atoms with Gasteiger partial charge < -0.3 is 10.2 Å². The quantitative estimate of drug-likeness (QED) is 0.416. The van der Waals surface area contributed by atoms with Crippen molar-refractivity contribution in [3.63, 3.8) is 0 Å². The Labute approximate surface area is 106 Å². The smallest absolute Gasteiger partial charge is 0.662 e. The summed E-state index contributed by atoms with van der Waals surface area (Å²) < 4.78 is 0. The summed E-state index contributed by atoms with van der Waals surface area (Å²) in [7, 11) is 4.30. The molecule has 0 aromatic rings. The average molecular weight is 166 g/mol. The van der Waals surface area contributed by atoms with Gasteiger partial charge in [-0.1, -0.05) is 12.8 Å². The molecule has 1 aliphatic rings. The Kier molecular flexibility index (Phi) is 7.07. The topological polar surface area (TPSA) is 17.3 Å². The van der Waals surface area contributed by atoms with Crippen molar-refractivity contribution in [2.75, 3.05) is 27.2 Å². The van der Waals surface area contributed by atoms with Crippen molar-refractivity contribution in [1.82, 2.24) is 4.90 Å². The number of piperidine rings is 1. The molecule has 1 saturated heterocycles. The molecule has 1 heterocycles. The van der Waals surface area contributed by atoms with Gasteiger partial charge in [0.1, 0.15) is 0 Å². The van der Waals surface area contributed by atoms with E-state index in [0.29, 0.717) is 0 Å². The maximum absolute atomic E-state index is 4.28. The van der Waals surface area contributed by atoms with Crippen molar-refractivity contribution in [3.8, 4) is 0 Å². The van der Waals surface area contributed by atoms with Crippen LogP contribution in [0.25, 0.3) is 5.32 Å². The van der Waals surface area contributed by atoms with Crippen molar-refractivity contribution >= 4 is 0 Å². The fourth-order valence-corrected chi connectivity index (χ4v) is 1.25. The largest absolute Gasteiger partial charge is 1.00 e. The second-order valence-corrected chi connectivity index (χ2v) is 2.87. The maximum atomic E-state index is 4.28. The molecule has 2 nitrogen and oxygen atoms in total. The average Bonchev–Trinajstić information content (AvgIpc) is 1.90. The van der Waals surface area contributed by atoms with Crippen molar-refractivity contribution in [2.45, 2.75) is 18.9 Å². The minimum absolute atomic E-state index is 0. The minimum atomic E-state index is 0. The van der Waals surface area contributed by atoms with E-state index in [-0.39, 0.29) is 51.4 Å². The van der Waals surface area contributed by atoms with Gasteiger partial charge in [0, 0.05) is 6.04 Å². The first-order chi connectivity index (χ1) is 4.30. The second-order valence-electron chi connectivity index (χ2n) is 2.87. The molecule has 0 aromatic carbocycles. The molecule has 0 amide bonds. The first-order valence-corrected chi connectivity index (χ1v) is 3.60. The van der Waals surface area contributed by atoms with Gasteiger partial charge in [-0.05, 0) is 14.1 Å². The van der Waals surface area contributed by atoms with E-state index in [4.69, 9.17) is 0 Å². The number of hydrogen-bond donors (Lipinski definition) is 0. The van der Waals surface area contributed by atoms with Crippen LogP contribution in [0.5, 0.6) is 0 Å². The first kappa shape index (κ1) is 11.6. The number of nitrogens with zero attached hydrogens (tertiary/aromatic N) is 2. The molecule has 1 aliphatic heterocycles. The number of rotatable bonds is 1. The SMILES string of the molecule is CN(C)C1CC[N-]CC1.[K+]. The Hall–Kier alpha value is 1.56. The van der Waals surface area contributed by atoms with Gasteiger partial charge in [-0.15, -0.1) is 13.1 Å². The van der Waals surface area contributed by atoms with Crippen molar-refractivity contribution in [3.05, 3.63) is 5.32 Å². The van der Waals surface area contributed by atoms with Gasteiger partial charge in [0.25, 0.3) is 0 Å². The summed E-state index contributed by atoms with van der Waals surface area (Å²) in [5.74, 6) is 0. The van der Waals surface area contributed by atoms with Crippen LogP contribution in [0.3, 0.4) is 0 Å². The first-order valence-electron chi connectivity index (χ1n) is 3.60. The van der Waals surface area contributed by atoms with Gasteiger partial charge in [-0.25, -0.2) is 0 Å². The third-order valence-electron chi connectivity index (χ3n) is 1.97. The van der Waals surface area contributed by atoms with Gasteiger partial charge in [0.05, 0.1) is 0 Å². The molecule has 1 rings (SSSR count). The second kappa shape index (κ2) is 6.11. The predicted molar refractivity (Wildman–Crippen MR) is 39.8 cm³/mol. The van der Waals surface area contributed by atoms with Gasteiger partial charge >= 0.3 is 51.4 Å². The Balaban J connectivity index is 0.000000810. The minimum Gasteiger partial charge on any atom is -0.662 e. The normalized spacial score (nSPS) is 20.7. The van der Waals surface area contributed by atoms with Crippen molar-refractivity contribution in [1.29, 1.82) is 0 Å². The molecular weight excluding hydrogens is 151 g/mol. The maximum Gasteiger partial charge on any atom is 1.00 e. The Bertz CT molecular complexity index is 79.7. The summed E-state index contributed by atoms with van der Waals surface area (Å²) in [6.45, 7) is 2.14. The van der Waals surface area contributed by atoms with Crippen LogP contribution in [0.15, 0.2) is 0 Å². The summed E-state index contributed by atoms with van der Waals surface area (Å²) in [4.78, 5) is 2.30. The van der Waals surface area contributed by atoms with E-state index in [0.717, 1.165) is 19.1 Å². The Morgan fingerprint density at radius 2 is 1.70 bits per heavy atom. The van der Waals surface area contributed by atoms with Crippen LogP contribution in [0, 0.1) is 0 Å². The molecule has 0 N–H and O–H groups in total. The standard InChI is InChI=1S/C7H15N2.K/c1-9(2)7-3-5-8-6-4-7;/h7H,3-6H2,1-2H3;/q-1;+1. The molecule has 1 fully saturated rings. The van der Waals surface area contributed by atoms with Crippen LogP contribution in [0.4, 0.5) is 0 Å². The number of hydrogen-bond acceptors (Lipinski definition) is 1. The van der Waals surface area contributed by atoms with Crippen LogP contribution in [-0.2, 0) is 0 Å². The van der Waals surface area contributed by atoms with E-state index in [2.05, 4.69) is 24.3 Å². The van der Waals surface area contributed by atoms with Gasteiger partial charge in [-0.2, -0.15) is 0 Å². The van der Waals surface area contributed by atoms with Crippen LogP contribution >= 0.6 is 0 Å². The zero-order valence-corrected chi connectivity index (χ0v) is 10.4. The van der Waals surface area contributed by atoms with Gasteiger partial charge in [0.2, 0.25) is 0 Å².